The third kappa shape index (κ3) is 7.03. The van der Waals surface area contributed by atoms with Gasteiger partial charge < -0.3 is 14.8 Å². The van der Waals surface area contributed by atoms with Crippen LogP contribution < -0.4 is 14.8 Å². The number of hydrogen-bond acceptors (Lipinski definition) is 6. The molecule has 1 aromatic heterocycles. The van der Waals surface area contributed by atoms with Crippen LogP contribution >= 0.6 is 0 Å². The summed E-state index contributed by atoms with van der Waals surface area (Å²) < 4.78 is 11.2. The van der Waals surface area contributed by atoms with Crippen LogP contribution in [0.15, 0.2) is 54.6 Å². The summed E-state index contributed by atoms with van der Waals surface area (Å²) in [6.45, 7) is 15.8. The molecule has 6 heteroatoms. The van der Waals surface area contributed by atoms with Crippen molar-refractivity contribution in [2.75, 3.05) is 32.6 Å². The molecule has 0 atom stereocenters. The fraction of sp³-hybridized carbons (Fsp3) is 0.471. The highest BCUT2D eigenvalue weighted by molar-refractivity contribution is 5.94. The lowest BCUT2D eigenvalue weighted by atomic mass is 9.95. The molecule has 0 amide bonds. The molecular formula is C34H46N4O2. The van der Waals surface area contributed by atoms with E-state index in [1.165, 1.54) is 30.0 Å². The van der Waals surface area contributed by atoms with Crippen molar-refractivity contribution in [3.05, 3.63) is 54.6 Å². The Labute approximate surface area is 240 Å². The number of unbranched alkanes of at least 4 members (excludes halogenated alkanes) is 3. The van der Waals surface area contributed by atoms with Gasteiger partial charge in [0.15, 0.2) is 17.3 Å². The average Bonchev–Trinajstić information content (AvgIpc) is 2.91. The molecular weight excluding hydrogens is 496 g/mol. The Hall–Kier alpha value is -3.38. The molecule has 0 saturated heterocycles. The second-order valence-electron chi connectivity index (χ2n) is 12.5. The van der Waals surface area contributed by atoms with Crippen molar-refractivity contribution in [2.24, 2.45) is 0 Å². The lowest BCUT2D eigenvalue weighted by Gasteiger charge is -2.45. The zero-order valence-electron chi connectivity index (χ0n) is 25.6. The Balaban J connectivity index is 1.50. The van der Waals surface area contributed by atoms with Crippen molar-refractivity contribution >= 4 is 27.5 Å². The Kier molecular flexibility index (Phi) is 9.19. The highest BCUT2D eigenvalue weighted by atomic mass is 16.5. The normalized spacial score (nSPS) is 12.3. The number of nitrogens with one attached hydrogen (secondary N) is 1. The van der Waals surface area contributed by atoms with Crippen LogP contribution in [0.25, 0.3) is 33.1 Å². The number of ether oxygens (including phenoxy) is 2. The molecule has 1 heterocycles. The maximum absolute atomic E-state index is 5.59. The zero-order chi connectivity index (χ0) is 28.9. The Morgan fingerprint density at radius 1 is 0.725 bits per heavy atom. The molecule has 0 aliphatic heterocycles. The van der Waals surface area contributed by atoms with Crippen molar-refractivity contribution < 1.29 is 9.47 Å². The number of anilines is 1. The van der Waals surface area contributed by atoms with E-state index >= 15 is 0 Å². The van der Waals surface area contributed by atoms with E-state index in [9.17, 15) is 0 Å². The SMILES string of the molecule is COc1cc2nc(-c3ccc4ccccc4c3)nc(NCCCCCCN(C(C)(C)C)C(C)(C)C)c2cc1OC. The van der Waals surface area contributed by atoms with Crippen molar-refractivity contribution in [3.8, 4) is 22.9 Å². The van der Waals surface area contributed by atoms with Gasteiger partial charge in [-0.05, 0) is 83.8 Å². The number of fused-ring (bicyclic) bond motifs is 2. The molecule has 0 spiro atoms. The summed E-state index contributed by atoms with van der Waals surface area (Å²) in [5.41, 5.74) is 2.14. The number of hydrogen-bond donors (Lipinski definition) is 1. The monoisotopic (exact) mass is 542 g/mol. The zero-order valence-corrected chi connectivity index (χ0v) is 25.6. The Morgan fingerprint density at radius 3 is 2.05 bits per heavy atom. The first kappa shape index (κ1) is 29.6. The Bertz CT molecular complexity index is 1420. The predicted octanol–water partition coefficient (Wildman–Crippen LogP) is 8.34. The fourth-order valence-electron chi connectivity index (χ4n) is 5.68. The lowest BCUT2D eigenvalue weighted by molar-refractivity contribution is 0.0367. The number of methoxy groups -OCH3 is 2. The summed E-state index contributed by atoms with van der Waals surface area (Å²) in [7, 11) is 3.30. The standard InChI is InChI=1S/C34H46N4O2/c1-33(2,3)38(34(4,5)6)20-14-10-9-13-19-35-32-27-22-29(39-7)30(40-8)23-28(27)36-31(37-32)26-18-17-24-15-11-12-16-25(24)21-26/h11-12,15-18,21-23H,9-10,13-14,19-20H2,1-8H3,(H,35,36,37). The van der Waals surface area contributed by atoms with E-state index in [0.29, 0.717) is 17.3 Å². The van der Waals surface area contributed by atoms with Gasteiger partial charge in [0.1, 0.15) is 5.82 Å². The maximum atomic E-state index is 5.59. The third-order valence-electron chi connectivity index (χ3n) is 7.43. The second kappa shape index (κ2) is 12.4. The summed E-state index contributed by atoms with van der Waals surface area (Å²) in [6, 6.07) is 18.6. The van der Waals surface area contributed by atoms with E-state index in [-0.39, 0.29) is 11.1 Å². The van der Waals surface area contributed by atoms with E-state index in [2.05, 4.69) is 94.2 Å². The van der Waals surface area contributed by atoms with Crippen LogP contribution in [0.4, 0.5) is 5.82 Å². The van der Waals surface area contributed by atoms with Crippen LogP contribution in [0.5, 0.6) is 11.5 Å². The number of aromatic nitrogens is 2. The van der Waals surface area contributed by atoms with E-state index in [0.717, 1.165) is 41.8 Å². The molecule has 1 N–H and O–H groups in total. The summed E-state index contributed by atoms with van der Waals surface area (Å²) in [5, 5.41) is 6.91. The molecule has 0 saturated carbocycles. The van der Waals surface area contributed by atoms with E-state index < -0.39 is 0 Å². The van der Waals surface area contributed by atoms with E-state index in [1.807, 2.05) is 12.1 Å². The molecule has 0 radical (unpaired) electrons. The molecule has 0 unspecified atom stereocenters. The quantitative estimate of drug-likeness (QED) is 0.192. The summed E-state index contributed by atoms with van der Waals surface area (Å²) >= 11 is 0. The average molecular weight is 543 g/mol. The van der Waals surface area contributed by atoms with Gasteiger partial charge in [-0.3, -0.25) is 4.90 Å². The van der Waals surface area contributed by atoms with Gasteiger partial charge in [-0.2, -0.15) is 0 Å². The van der Waals surface area contributed by atoms with E-state index in [4.69, 9.17) is 19.4 Å². The van der Waals surface area contributed by atoms with Crippen molar-refractivity contribution in [3.63, 3.8) is 0 Å². The summed E-state index contributed by atoms with van der Waals surface area (Å²) in [5.74, 6) is 2.84. The van der Waals surface area contributed by atoms with Crippen molar-refractivity contribution in [2.45, 2.75) is 78.3 Å². The lowest BCUT2D eigenvalue weighted by Crippen LogP contribution is -2.52. The first-order valence-electron chi connectivity index (χ1n) is 14.5. The molecule has 0 bridgehead atoms. The van der Waals surface area contributed by atoms with Gasteiger partial charge in [-0.15, -0.1) is 0 Å². The minimum atomic E-state index is 0.167. The van der Waals surface area contributed by atoms with Gasteiger partial charge in [-0.25, -0.2) is 9.97 Å². The first-order valence-corrected chi connectivity index (χ1v) is 14.5. The number of benzene rings is 3. The minimum absolute atomic E-state index is 0.167. The minimum Gasteiger partial charge on any atom is -0.493 e. The van der Waals surface area contributed by atoms with Gasteiger partial charge in [0, 0.05) is 34.6 Å². The van der Waals surface area contributed by atoms with Crippen LogP contribution in [-0.2, 0) is 0 Å². The summed E-state index contributed by atoms with van der Waals surface area (Å²) in [4.78, 5) is 12.5. The molecule has 6 nitrogen and oxygen atoms in total. The van der Waals surface area contributed by atoms with E-state index in [1.54, 1.807) is 14.2 Å². The van der Waals surface area contributed by atoms with Crippen LogP contribution in [-0.4, -0.2) is 53.3 Å². The molecule has 3 aromatic carbocycles. The molecule has 0 aliphatic carbocycles. The molecule has 0 fully saturated rings. The highest BCUT2D eigenvalue weighted by Gasteiger charge is 2.30. The van der Waals surface area contributed by atoms with Gasteiger partial charge >= 0.3 is 0 Å². The van der Waals surface area contributed by atoms with Gasteiger partial charge in [0.25, 0.3) is 0 Å². The molecule has 4 rings (SSSR count). The summed E-state index contributed by atoms with van der Waals surface area (Å²) in [6.07, 6.45) is 4.66. The molecule has 40 heavy (non-hydrogen) atoms. The van der Waals surface area contributed by atoms with Gasteiger partial charge in [-0.1, -0.05) is 49.2 Å². The largest absolute Gasteiger partial charge is 0.493 e. The highest BCUT2D eigenvalue weighted by Crippen LogP contribution is 2.35. The van der Waals surface area contributed by atoms with Crippen molar-refractivity contribution in [1.29, 1.82) is 0 Å². The Morgan fingerprint density at radius 2 is 1.38 bits per heavy atom. The van der Waals surface area contributed by atoms with Crippen LogP contribution in [0.1, 0.15) is 67.2 Å². The van der Waals surface area contributed by atoms with Crippen molar-refractivity contribution in [1.82, 2.24) is 14.9 Å². The predicted molar refractivity (Wildman–Crippen MR) is 169 cm³/mol. The third-order valence-corrected chi connectivity index (χ3v) is 7.43. The topological polar surface area (TPSA) is 59.5 Å². The first-order chi connectivity index (χ1) is 19.0. The van der Waals surface area contributed by atoms with Gasteiger partial charge in [0.05, 0.1) is 19.7 Å². The number of rotatable bonds is 11. The smallest absolute Gasteiger partial charge is 0.162 e. The molecule has 4 aromatic rings. The molecule has 0 aliphatic rings. The number of nitrogens with zero attached hydrogens (tertiary/aromatic N) is 3. The van der Waals surface area contributed by atoms with Crippen LogP contribution in [0, 0.1) is 0 Å². The fourth-order valence-corrected chi connectivity index (χ4v) is 5.68. The molecule has 214 valence electrons. The van der Waals surface area contributed by atoms with Crippen LogP contribution in [0.2, 0.25) is 0 Å². The van der Waals surface area contributed by atoms with Gasteiger partial charge in [0.2, 0.25) is 0 Å². The van der Waals surface area contributed by atoms with Crippen LogP contribution in [0.3, 0.4) is 0 Å². The maximum Gasteiger partial charge on any atom is 0.162 e. The second-order valence-corrected chi connectivity index (χ2v) is 12.5.